The number of likely N-dealkylation sites (tertiary alicyclic amines) is 1. The van der Waals surface area contributed by atoms with Crippen LogP contribution in [0.5, 0.6) is 0 Å². The predicted molar refractivity (Wildman–Crippen MR) is 193 cm³/mol. The van der Waals surface area contributed by atoms with Crippen LogP contribution in [-0.4, -0.2) is 64.2 Å². The Balaban J connectivity index is 0.00000125. The maximum absolute atomic E-state index is 14.5. The Morgan fingerprint density at radius 1 is 0.896 bits per heavy atom. The summed E-state index contributed by atoms with van der Waals surface area (Å²) in [6.45, 7) is 13.5. The van der Waals surface area contributed by atoms with Gasteiger partial charge in [-0.05, 0) is 86.2 Å². The highest BCUT2D eigenvalue weighted by molar-refractivity contribution is 6.00. The Hall–Kier alpha value is -4.30. The number of nitrogens with zero attached hydrogens (tertiary/aromatic N) is 3. The number of nitrogens with one attached hydrogen (secondary N) is 2. The zero-order chi connectivity index (χ0) is 34.7. The highest BCUT2D eigenvalue weighted by Gasteiger charge is 2.48. The van der Waals surface area contributed by atoms with Gasteiger partial charge >= 0.3 is 0 Å². The number of amides is 2. The summed E-state index contributed by atoms with van der Waals surface area (Å²) < 4.78 is 16.4. The number of aromatic nitrogens is 2. The summed E-state index contributed by atoms with van der Waals surface area (Å²) in [6.07, 6.45) is 8.75. The average Bonchev–Trinajstić information content (AvgIpc) is 3.87. The van der Waals surface area contributed by atoms with Gasteiger partial charge in [0.05, 0.1) is 12.1 Å². The summed E-state index contributed by atoms with van der Waals surface area (Å²) in [5.74, 6) is 0.528. The number of hydrogen-bond donors (Lipinski definition) is 2. The quantitative estimate of drug-likeness (QED) is 0.163. The highest BCUT2D eigenvalue weighted by atomic mass is 19.1. The number of unbranched alkanes of at least 4 members (excludes halogenated alkanes) is 1. The van der Waals surface area contributed by atoms with Crippen LogP contribution in [0.4, 0.5) is 4.39 Å². The fraction of sp³-hybridized carbons (Fsp3) is 0.425. The van der Waals surface area contributed by atoms with Crippen LogP contribution < -0.4 is 10.6 Å². The molecule has 2 aromatic heterocycles. The van der Waals surface area contributed by atoms with E-state index in [4.69, 9.17) is 0 Å². The molecule has 256 valence electrons. The third-order valence-electron chi connectivity index (χ3n) is 8.88. The normalized spacial score (nSPS) is 16.0. The molecule has 48 heavy (non-hydrogen) atoms. The highest BCUT2D eigenvalue weighted by Crippen LogP contribution is 2.51. The summed E-state index contributed by atoms with van der Waals surface area (Å²) >= 11 is 0. The molecule has 1 aliphatic heterocycles. The second kappa shape index (κ2) is 16.7. The molecule has 1 aliphatic carbocycles. The zero-order valence-corrected chi connectivity index (χ0v) is 29.4. The van der Waals surface area contributed by atoms with Crippen LogP contribution in [0.3, 0.4) is 0 Å². The molecule has 0 spiro atoms. The van der Waals surface area contributed by atoms with Crippen molar-refractivity contribution in [1.82, 2.24) is 25.1 Å². The van der Waals surface area contributed by atoms with E-state index in [1.807, 2.05) is 105 Å². The third-order valence-corrected chi connectivity index (χ3v) is 8.88. The first-order valence-electron chi connectivity index (χ1n) is 17.5. The van der Waals surface area contributed by atoms with Crippen LogP contribution in [-0.2, 0) is 10.2 Å². The zero-order valence-electron chi connectivity index (χ0n) is 29.4. The van der Waals surface area contributed by atoms with E-state index in [-0.39, 0.29) is 24.4 Å². The summed E-state index contributed by atoms with van der Waals surface area (Å²) in [5, 5.41) is 6.12. The lowest BCUT2D eigenvalue weighted by Crippen LogP contribution is -2.47. The molecule has 6 rings (SSSR count). The molecule has 1 unspecified atom stereocenters. The van der Waals surface area contributed by atoms with Gasteiger partial charge in [0.25, 0.3) is 5.91 Å². The maximum Gasteiger partial charge on any atom is 0.253 e. The minimum absolute atomic E-state index is 0.0356. The number of fused-ring (bicyclic) bond motifs is 3. The minimum atomic E-state index is -1.50. The lowest BCUT2D eigenvalue weighted by molar-refractivity contribution is -0.126. The molecule has 4 aromatic rings. The monoisotopic (exact) mass is 653 g/mol. The minimum Gasteiger partial charge on any atom is -0.352 e. The van der Waals surface area contributed by atoms with E-state index in [0.29, 0.717) is 12.0 Å². The number of hydrogen-bond acceptors (Lipinski definition) is 4. The molecule has 2 aliphatic rings. The average molecular weight is 654 g/mol. The van der Waals surface area contributed by atoms with Crippen LogP contribution in [0.25, 0.3) is 16.9 Å². The fourth-order valence-electron chi connectivity index (χ4n) is 6.70. The van der Waals surface area contributed by atoms with Crippen LogP contribution in [0, 0.1) is 0 Å². The van der Waals surface area contributed by atoms with Crippen molar-refractivity contribution in [2.24, 2.45) is 0 Å². The molecule has 1 atom stereocenters. The Labute approximate surface area is 286 Å². The van der Waals surface area contributed by atoms with Gasteiger partial charge in [-0.15, -0.1) is 0 Å². The lowest BCUT2D eigenvalue weighted by Gasteiger charge is -2.32. The van der Waals surface area contributed by atoms with E-state index in [1.54, 1.807) is 6.20 Å². The van der Waals surface area contributed by atoms with Crippen molar-refractivity contribution in [3.8, 4) is 16.9 Å². The van der Waals surface area contributed by atoms with E-state index in [2.05, 4.69) is 32.7 Å². The molecule has 0 radical (unpaired) electrons. The van der Waals surface area contributed by atoms with Crippen molar-refractivity contribution in [3.05, 3.63) is 108 Å². The Morgan fingerprint density at radius 3 is 2.10 bits per heavy atom. The molecule has 2 amide bonds. The topological polar surface area (TPSA) is 79.3 Å². The molecule has 8 heteroatoms. The van der Waals surface area contributed by atoms with Crippen molar-refractivity contribution in [1.29, 1.82) is 0 Å². The van der Waals surface area contributed by atoms with Gasteiger partial charge in [-0.1, -0.05) is 82.6 Å². The predicted octanol–water partition coefficient (Wildman–Crippen LogP) is 7.73. The molecule has 0 saturated carbocycles. The van der Waals surface area contributed by atoms with E-state index < -0.39 is 11.1 Å². The SMILES string of the molecule is CC.CC.CC(C)(F)CNC(=O)C1(CCCCN2CCC(NC(=O)c3ccc(-n4cccc4)nc3)C2)c2ccccc2-c2ccccc21. The van der Waals surface area contributed by atoms with Gasteiger partial charge < -0.3 is 20.1 Å². The second-order valence-electron chi connectivity index (χ2n) is 12.6. The number of carbonyl (C=O) groups excluding carboxylic acids is 2. The first-order valence-corrected chi connectivity index (χ1v) is 17.5. The fourth-order valence-corrected chi connectivity index (χ4v) is 6.70. The summed E-state index contributed by atoms with van der Waals surface area (Å²) in [7, 11) is 0. The van der Waals surface area contributed by atoms with E-state index in [0.717, 1.165) is 67.0 Å². The standard InChI is InChI=1S/C36H40FN5O2.2C2H6/c1-35(2,37)25-39-34(44)36(30-13-5-3-11-28(30)29-12-4-6-14-31(29)36)18-7-8-19-41-22-17-27(24-41)40-33(43)26-15-16-32(38-23-26)42-20-9-10-21-42;2*1-2/h3-6,9-16,20-21,23,27H,7-8,17-19,22,24-25H2,1-2H3,(H,39,44)(H,40,43);2*1-2H3. The van der Waals surface area contributed by atoms with E-state index in [9.17, 15) is 14.0 Å². The van der Waals surface area contributed by atoms with Crippen molar-refractivity contribution >= 4 is 11.8 Å². The van der Waals surface area contributed by atoms with Crippen molar-refractivity contribution in [2.45, 2.75) is 84.4 Å². The Morgan fingerprint density at radius 2 is 1.52 bits per heavy atom. The van der Waals surface area contributed by atoms with Gasteiger partial charge in [0.15, 0.2) is 0 Å². The summed E-state index contributed by atoms with van der Waals surface area (Å²) in [4.78, 5) is 33.7. The first kappa shape index (κ1) is 36.5. The number of carbonyl (C=O) groups is 2. The molecule has 2 N–H and O–H groups in total. The van der Waals surface area contributed by atoms with E-state index in [1.165, 1.54) is 13.8 Å². The largest absolute Gasteiger partial charge is 0.352 e. The molecule has 1 saturated heterocycles. The Bertz CT molecular complexity index is 1570. The maximum atomic E-state index is 14.5. The van der Waals surface area contributed by atoms with Gasteiger partial charge in [0.1, 0.15) is 16.9 Å². The van der Waals surface area contributed by atoms with Crippen molar-refractivity contribution in [3.63, 3.8) is 0 Å². The number of pyridine rings is 1. The molecule has 7 nitrogen and oxygen atoms in total. The number of benzene rings is 2. The number of alkyl halides is 1. The van der Waals surface area contributed by atoms with Gasteiger partial charge in [-0.25, -0.2) is 9.37 Å². The Kier molecular flexibility index (Phi) is 12.7. The van der Waals surface area contributed by atoms with Crippen LogP contribution in [0.1, 0.15) is 88.7 Å². The number of rotatable bonds is 11. The van der Waals surface area contributed by atoms with Gasteiger partial charge in [-0.2, -0.15) is 0 Å². The summed E-state index contributed by atoms with van der Waals surface area (Å²) in [5.41, 5.74) is 2.33. The van der Waals surface area contributed by atoms with Crippen LogP contribution in [0.15, 0.2) is 91.4 Å². The molecule has 2 aromatic carbocycles. The van der Waals surface area contributed by atoms with E-state index >= 15 is 0 Å². The third kappa shape index (κ3) is 8.21. The van der Waals surface area contributed by atoms with Gasteiger partial charge in [-0.3, -0.25) is 9.59 Å². The van der Waals surface area contributed by atoms with Crippen LogP contribution >= 0.6 is 0 Å². The number of halogens is 1. The molecular weight excluding hydrogens is 601 g/mol. The smallest absolute Gasteiger partial charge is 0.253 e. The van der Waals surface area contributed by atoms with Gasteiger partial charge in [0, 0.05) is 37.7 Å². The second-order valence-corrected chi connectivity index (χ2v) is 12.6. The van der Waals surface area contributed by atoms with Gasteiger partial charge in [0.2, 0.25) is 5.91 Å². The summed E-state index contributed by atoms with van der Waals surface area (Å²) in [6, 6.07) is 23.8. The first-order chi connectivity index (χ1) is 23.2. The molecule has 0 bridgehead atoms. The lowest BCUT2D eigenvalue weighted by atomic mass is 9.73. The van der Waals surface area contributed by atoms with Crippen LogP contribution in [0.2, 0.25) is 0 Å². The molecule has 3 heterocycles. The van der Waals surface area contributed by atoms with Crippen molar-refractivity contribution < 1.29 is 14.0 Å². The molecular formula is C40H52FN5O2. The van der Waals surface area contributed by atoms with Crippen molar-refractivity contribution in [2.75, 3.05) is 26.2 Å². The molecule has 1 fully saturated rings.